The van der Waals surface area contributed by atoms with Gasteiger partial charge in [-0.05, 0) is 42.5 Å². The fourth-order valence-electron chi connectivity index (χ4n) is 2.47. The van der Waals surface area contributed by atoms with E-state index in [0.29, 0.717) is 27.1 Å². The van der Waals surface area contributed by atoms with Crippen LogP contribution < -0.4 is 5.32 Å². The third-order valence-electron chi connectivity index (χ3n) is 3.88. The van der Waals surface area contributed by atoms with Gasteiger partial charge < -0.3 is 14.8 Å². The molecule has 1 amide bonds. The van der Waals surface area contributed by atoms with E-state index in [4.69, 9.17) is 32.7 Å². The van der Waals surface area contributed by atoms with Crippen LogP contribution in [0.1, 0.15) is 16.1 Å². The van der Waals surface area contributed by atoms with Crippen molar-refractivity contribution in [1.29, 1.82) is 5.26 Å². The average molecular weight is 427 g/mol. The highest BCUT2D eigenvalue weighted by Crippen LogP contribution is 2.31. The van der Waals surface area contributed by atoms with Gasteiger partial charge in [0.05, 0.1) is 21.3 Å². The Balaban J connectivity index is 1.87. The number of nitrogens with zero attached hydrogens (tertiary/aromatic N) is 1. The average Bonchev–Trinajstić information content (AvgIpc) is 3.16. The van der Waals surface area contributed by atoms with Crippen LogP contribution in [0, 0.1) is 11.3 Å². The van der Waals surface area contributed by atoms with Crippen molar-refractivity contribution in [1.82, 2.24) is 0 Å². The molecule has 6 nitrogen and oxygen atoms in total. The normalized spacial score (nSPS) is 11.0. The maximum Gasteiger partial charge on any atom is 0.335 e. The van der Waals surface area contributed by atoms with E-state index in [1.165, 1.54) is 24.3 Å². The van der Waals surface area contributed by atoms with Crippen molar-refractivity contribution in [3.05, 3.63) is 81.5 Å². The van der Waals surface area contributed by atoms with Crippen LogP contribution in [0.25, 0.3) is 17.4 Å². The highest BCUT2D eigenvalue weighted by Gasteiger charge is 2.15. The summed E-state index contributed by atoms with van der Waals surface area (Å²) in [5.41, 5.74) is 0.605. The minimum Gasteiger partial charge on any atom is -0.478 e. The fourth-order valence-corrected chi connectivity index (χ4v) is 2.86. The zero-order valence-electron chi connectivity index (χ0n) is 14.6. The molecule has 0 bridgehead atoms. The van der Waals surface area contributed by atoms with E-state index >= 15 is 0 Å². The van der Waals surface area contributed by atoms with Gasteiger partial charge in [0, 0.05) is 11.6 Å². The van der Waals surface area contributed by atoms with Crippen LogP contribution in [-0.4, -0.2) is 17.0 Å². The number of anilines is 1. The lowest BCUT2D eigenvalue weighted by atomic mass is 10.1. The van der Waals surface area contributed by atoms with Crippen LogP contribution in [0.2, 0.25) is 10.0 Å². The van der Waals surface area contributed by atoms with E-state index in [-0.39, 0.29) is 16.9 Å². The number of halogens is 2. The maximum absolute atomic E-state index is 12.4. The second kappa shape index (κ2) is 8.65. The number of para-hydroxylation sites is 1. The second-order valence-corrected chi connectivity index (χ2v) is 6.62. The van der Waals surface area contributed by atoms with Gasteiger partial charge in [-0.25, -0.2) is 4.79 Å². The van der Waals surface area contributed by atoms with Crippen LogP contribution in [0.5, 0.6) is 0 Å². The molecule has 0 atom stereocenters. The molecule has 0 fully saturated rings. The van der Waals surface area contributed by atoms with E-state index < -0.39 is 11.9 Å². The fraction of sp³-hybridized carbons (Fsp3) is 0. The summed E-state index contributed by atoms with van der Waals surface area (Å²) in [6.07, 6.45) is 1.27. The molecule has 0 radical (unpaired) electrons. The molecule has 144 valence electrons. The van der Waals surface area contributed by atoms with Gasteiger partial charge in [-0.1, -0.05) is 35.3 Å². The molecule has 1 heterocycles. The van der Waals surface area contributed by atoms with Crippen LogP contribution in [-0.2, 0) is 4.79 Å². The van der Waals surface area contributed by atoms with Crippen molar-refractivity contribution in [3.8, 4) is 17.4 Å². The number of rotatable bonds is 5. The van der Waals surface area contributed by atoms with E-state index in [1.54, 1.807) is 36.4 Å². The largest absolute Gasteiger partial charge is 0.478 e. The van der Waals surface area contributed by atoms with Gasteiger partial charge in [-0.3, -0.25) is 4.79 Å². The Morgan fingerprint density at radius 1 is 1.07 bits per heavy atom. The molecule has 0 saturated carbocycles. The summed E-state index contributed by atoms with van der Waals surface area (Å²) >= 11 is 12.1. The minimum absolute atomic E-state index is 0.0507. The molecule has 0 saturated heterocycles. The number of furan rings is 1. The number of nitriles is 1. The monoisotopic (exact) mass is 426 g/mol. The summed E-state index contributed by atoms with van der Waals surface area (Å²) in [6.45, 7) is 0. The first-order chi connectivity index (χ1) is 13.9. The molecule has 3 rings (SSSR count). The molecule has 0 aliphatic rings. The molecule has 8 heteroatoms. The Hall–Kier alpha value is -3.53. The molecule has 2 aromatic carbocycles. The highest BCUT2D eigenvalue weighted by molar-refractivity contribution is 6.34. The van der Waals surface area contributed by atoms with Crippen molar-refractivity contribution in [2.24, 2.45) is 0 Å². The summed E-state index contributed by atoms with van der Waals surface area (Å²) in [7, 11) is 0. The number of nitrogens with one attached hydrogen (secondary N) is 1. The number of benzene rings is 2. The Kier molecular flexibility index (Phi) is 6.03. The first-order valence-corrected chi connectivity index (χ1v) is 8.95. The molecule has 0 aliphatic carbocycles. The van der Waals surface area contributed by atoms with Gasteiger partial charge in [0.25, 0.3) is 5.91 Å². The Labute approximate surface area is 175 Å². The lowest BCUT2D eigenvalue weighted by Gasteiger charge is -2.05. The third-order valence-corrected chi connectivity index (χ3v) is 4.54. The molecule has 0 spiro atoms. The Morgan fingerprint density at radius 3 is 2.52 bits per heavy atom. The van der Waals surface area contributed by atoms with E-state index in [1.807, 2.05) is 6.07 Å². The number of amides is 1. The highest BCUT2D eigenvalue weighted by atomic mass is 35.5. The lowest BCUT2D eigenvalue weighted by Crippen LogP contribution is -2.13. The first-order valence-electron chi connectivity index (χ1n) is 8.20. The standard InChI is InChI=1S/C21H12Cl2N2O4/c22-16-7-5-12(21(27)28)10-15(16)19-8-6-14(29-19)9-13(11-24)20(26)25-18-4-2-1-3-17(18)23/h1-10H,(H,25,26)(H,27,28)/b13-9-. The zero-order valence-corrected chi connectivity index (χ0v) is 16.2. The van der Waals surface area contributed by atoms with Crippen LogP contribution >= 0.6 is 23.2 Å². The number of carboxylic acids is 1. The van der Waals surface area contributed by atoms with Crippen molar-refractivity contribution in [2.45, 2.75) is 0 Å². The molecule has 0 unspecified atom stereocenters. The number of carboxylic acid groups (broad SMARTS) is 1. The summed E-state index contributed by atoms with van der Waals surface area (Å²) in [5, 5.41) is 21.7. The van der Waals surface area contributed by atoms with Crippen molar-refractivity contribution in [3.63, 3.8) is 0 Å². The van der Waals surface area contributed by atoms with Crippen molar-refractivity contribution in [2.75, 3.05) is 5.32 Å². The van der Waals surface area contributed by atoms with E-state index in [0.717, 1.165) is 0 Å². The van der Waals surface area contributed by atoms with Crippen molar-refractivity contribution >= 4 is 46.8 Å². The van der Waals surface area contributed by atoms with Gasteiger partial charge in [-0.2, -0.15) is 5.26 Å². The molecule has 0 aliphatic heterocycles. The summed E-state index contributed by atoms with van der Waals surface area (Å²) in [6, 6.07) is 15.8. The molecular weight excluding hydrogens is 415 g/mol. The summed E-state index contributed by atoms with van der Waals surface area (Å²) in [4.78, 5) is 23.5. The topological polar surface area (TPSA) is 103 Å². The molecule has 2 N–H and O–H groups in total. The number of carbonyl (C=O) groups is 2. The van der Waals surface area contributed by atoms with E-state index in [9.17, 15) is 14.9 Å². The van der Waals surface area contributed by atoms with Gasteiger partial charge in [0.15, 0.2) is 0 Å². The SMILES string of the molecule is N#C/C(=C/c1ccc(-c2cc(C(=O)O)ccc2Cl)o1)C(=O)Nc1ccccc1Cl. The molecular formula is C21H12Cl2N2O4. The second-order valence-electron chi connectivity index (χ2n) is 5.81. The molecule has 1 aromatic heterocycles. The number of carbonyl (C=O) groups excluding carboxylic acids is 1. The van der Waals surface area contributed by atoms with E-state index in [2.05, 4.69) is 5.32 Å². The van der Waals surface area contributed by atoms with Gasteiger partial charge >= 0.3 is 5.97 Å². The molecule has 29 heavy (non-hydrogen) atoms. The van der Waals surface area contributed by atoms with Gasteiger partial charge in [0.2, 0.25) is 0 Å². The Morgan fingerprint density at radius 2 is 1.83 bits per heavy atom. The Bertz CT molecular complexity index is 1180. The third kappa shape index (κ3) is 4.66. The number of hydrogen-bond acceptors (Lipinski definition) is 4. The molecule has 3 aromatic rings. The number of aromatic carboxylic acids is 1. The van der Waals surface area contributed by atoms with Crippen LogP contribution in [0.4, 0.5) is 5.69 Å². The van der Waals surface area contributed by atoms with Crippen LogP contribution in [0.15, 0.2) is 64.6 Å². The van der Waals surface area contributed by atoms with Gasteiger partial charge in [-0.15, -0.1) is 0 Å². The van der Waals surface area contributed by atoms with Gasteiger partial charge in [0.1, 0.15) is 23.2 Å². The smallest absolute Gasteiger partial charge is 0.335 e. The predicted octanol–water partition coefficient (Wildman–Crippen LogP) is 5.50. The maximum atomic E-state index is 12.4. The lowest BCUT2D eigenvalue weighted by molar-refractivity contribution is -0.112. The minimum atomic E-state index is -1.10. The first kappa shape index (κ1) is 20.2. The predicted molar refractivity (Wildman–Crippen MR) is 110 cm³/mol. The quantitative estimate of drug-likeness (QED) is 0.414. The summed E-state index contributed by atoms with van der Waals surface area (Å²) < 4.78 is 5.63. The van der Waals surface area contributed by atoms with Crippen molar-refractivity contribution < 1.29 is 19.1 Å². The summed E-state index contributed by atoms with van der Waals surface area (Å²) in [5.74, 6) is -1.22. The van der Waals surface area contributed by atoms with Crippen LogP contribution in [0.3, 0.4) is 0 Å². The zero-order chi connectivity index (χ0) is 21.0. The number of hydrogen-bond donors (Lipinski definition) is 2.